The third-order valence-electron chi connectivity index (χ3n) is 4.99. The number of rotatable bonds is 3. The standard InChI is InChI=1S/C21H18FNO3/c1-2-13-3-9-16(10-4-13)23-18-12-26-21(25)20(18)17(11-19(23)24)14-5-7-15(22)8-6-14/h3-10,17H,2,11-12H2,1H3/t17-/m1/s1. The lowest BCUT2D eigenvalue weighted by molar-refractivity contribution is -0.136. The van der Waals surface area contributed by atoms with Gasteiger partial charge in [-0.3, -0.25) is 9.69 Å². The monoisotopic (exact) mass is 351 g/mol. The molecule has 26 heavy (non-hydrogen) atoms. The molecule has 0 radical (unpaired) electrons. The van der Waals surface area contributed by atoms with Gasteiger partial charge in [-0.25, -0.2) is 9.18 Å². The second-order valence-corrected chi connectivity index (χ2v) is 6.49. The minimum atomic E-state index is -0.406. The average molecular weight is 351 g/mol. The summed E-state index contributed by atoms with van der Waals surface area (Å²) in [5.41, 5.74) is 3.73. The van der Waals surface area contributed by atoms with Crippen molar-refractivity contribution in [3.8, 4) is 0 Å². The van der Waals surface area contributed by atoms with Crippen molar-refractivity contribution < 1.29 is 18.7 Å². The quantitative estimate of drug-likeness (QED) is 0.792. The van der Waals surface area contributed by atoms with Gasteiger partial charge in [0.15, 0.2) is 0 Å². The highest BCUT2D eigenvalue weighted by Gasteiger charge is 2.42. The molecule has 4 nitrogen and oxygen atoms in total. The maximum Gasteiger partial charge on any atom is 0.336 e. The second kappa shape index (κ2) is 6.41. The lowest BCUT2D eigenvalue weighted by Crippen LogP contribution is -2.37. The Morgan fingerprint density at radius 3 is 2.42 bits per heavy atom. The number of aryl methyl sites for hydroxylation is 1. The predicted octanol–water partition coefficient (Wildman–Crippen LogP) is 3.72. The van der Waals surface area contributed by atoms with Gasteiger partial charge in [0.05, 0.1) is 11.3 Å². The molecule has 5 heteroatoms. The minimum absolute atomic E-state index is 0.0765. The number of carbonyl (C=O) groups is 2. The van der Waals surface area contributed by atoms with E-state index in [0.717, 1.165) is 17.7 Å². The van der Waals surface area contributed by atoms with Crippen molar-refractivity contribution in [2.45, 2.75) is 25.7 Å². The third kappa shape index (κ3) is 2.69. The zero-order valence-corrected chi connectivity index (χ0v) is 14.4. The van der Waals surface area contributed by atoms with Crippen LogP contribution in [0.4, 0.5) is 10.1 Å². The number of benzene rings is 2. The number of nitrogens with zero attached hydrogens (tertiary/aromatic N) is 1. The molecular weight excluding hydrogens is 333 g/mol. The molecule has 1 atom stereocenters. The Hall–Kier alpha value is -2.95. The van der Waals surface area contributed by atoms with Crippen molar-refractivity contribution in [2.75, 3.05) is 11.5 Å². The molecular formula is C21H18FNO3. The molecule has 132 valence electrons. The number of carbonyl (C=O) groups excluding carboxylic acids is 2. The highest BCUT2D eigenvalue weighted by molar-refractivity contribution is 6.06. The largest absolute Gasteiger partial charge is 0.456 e. The number of hydrogen-bond donors (Lipinski definition) is 0. The zero-order chi connectivity index (χ0) is 18.3. The molecule has 0 aliphatic carbocycles. The zero-order valence-electron chi connectivity index (χ0n) is 14.4. The number of amides is 1. The molecule has 4 rings (SSSR count). The third-order valence-corrected chi connectivity index (χ3v) is 4.99. The van der Waals surface area contributed by atoms with E-state index in [1.807, 2.05) is 24.3 Å². The van der Waals surface area contributed by atoms with Gasteiger partial charge < -0.3 is 4.74 Å². The number of halogens is 1. The van der Waals surface area contributed by atoms with Crippen LogP contribution in [0.3, 0.4) is 0 Å². The van der Waals surface area contributed by atoms with E-state index in [2.05, 4.69) is 6.92 Å². The van der Waals surface area contributed by atoms with Crippen LogP contribution in [-0.4, -0.2) is 18.5 Å². The Morgan fingerprint density at radius 2 is 1.77 bits per heavy atom. The highest BCUT2D eigenvalue weighted by Crippen LogP contribution is 2.41. The maximum atomic E-state index is 13.2. The minimum Gasteiger partial charge on any atom is -0.456 e. The molecule has 0 N–H and O–H groups in total. The van der Waals surface area contributed by atoms with Crippen molar-refractivity contribution in [3.05, 3.63) is 76.7 Å². The van der Waals surface area contributed by atoms with E-state index < -0.39 is 11.9 Å². The Morgan fingerprint density at radius 1 is 1.08 bits per heavy atom. The number of esters is 1. The topological polar surface area (TPSA) is 46.6 Å². The first kappa shape index (κ1) is 16.5. The van der Waals surface area contributed by atoms with Gasteiger partial charge in [0, 0.05) is 18.0 Å². The molecule has 0 unspecified atom stereocenters. The van der Waals surface area contributed by atoms with E-state index in [1.54, 1.807) is 17.0 Å². The van der Waals surface area contributed by atoms with Crippen molar-refractivity contribution in [1.82, 2.24) is 0 Å². The first-order valence-electron chi connectivity index (χ1n) is 8.66. The summed E-state index contributed by atoms with van der Waals surface area (Å²) >= 11 is 0. The normalized spacial score (nSPS) is 19.6. The highest BCUT2D eigenvalue weighted by atomic mass is 19.1. The molecule has 0 spiro atoms. The maximum absolute atomic E-state index is 13.2. The summed E-state index contributed by atoms with van der Waals surface area (Å²) in [6.07, 6.45) is 1.06. The fourth-order valence-corrected chi connectivity index (χ4v) is 3.61. The van der Waals surface area contributed by atoms with Gasteiger partial charge in [0.25, 0.3) is 0 Å². The van der Waals surface area contributed by atoms with Crippen LogP contribution >= 0.6 is 0 Å². The number of hydrogen-bond acceptors (Lipinski definition) is 3. The Labute approximate surface area is 150 Å². The summed E-state index contributed by atoms with van der Waals surface area (Å²) in [6, 6.07) is 13.7. The summed E-state index contributed by atoms with van der Waals surface area (Å²) in [7, 11) is 0. The van der Waals surface area contributed by atoms with Gasteiger partial charge in [-0.2, -0.15) is 0 Å². The molecule has 0 saturated carbocycles. The fourth-order valence-electron chi connectivity index (χ4n) is 3.61. The average Bonchev–Trinajstić information content (AvgIpc) is 3.03. The Balaban J connectivity index is 1.78. The van der Waals surface area contributed by atoms with Gasteiger partial charge in [-0.05, 0) is 41.8 Å². The van der Waals surface area contributed by atoms with Gasteiger partial charge >= 0.3 is 5.97 Å². The summed E-state index contributed by atoms with van der Waals surface area (Å²) in [4.78, 5) is 26.8. The van der Waals surface area contributed by atoms with Gasteiger partial charge in [0.2, 0.25) is 5.91 Å². The fraction of sp³-hybridized carbons (Fsp3) is 0.238. The summed E-state index contributed by atoms with van der Waals surface area (Å²) in [6.45, 7) is 2.14. The second-order valence-electron chi connectivity index (χ2n) is 6.49. The summed E-state index contributed by atoms with van der Waals surface area (Å²) in [5, 5.41) is 0. The van der Waals surface area contributed by atoms with Gasteiger partial charge in [0.1, 0.15) is 12.4 Å². The smallest absolute Gasteiger partial charge is 0.336 e. The molecule has 0 bridgehead atoms. The van der Waals surface area contributed by atoms with Crippen LogP contribution in [-0.2, 0) is 20.7 Å². The molecule has 2 heterocycles. The predicted molar refractivity (Wildman–Crippen MR) is 95.0 cm³/mol. The van der Waals surface area contributed by atoms with Crippen LogP contribution in [0.15, 0.2) is 59.8 Å². The Kier molecular flexibility index (Phi) is 4.07. The lowest BCUT2D eigenvalue weighted by Gasteiger charge is -2.32. The SMILES string of the molecule is CCc1ccc(N2C(=O)C[C@H](c3ccc(F)cc3)C3=C2COC3=O)cc1. The number of cyclic esters (lactones) is 1. The lowest BCUT2D eigenvalue weighted by atomic mass is 9.84. The van der Waals surface area contributed by atoms with Crippen molar-refractivity contribution in [1.29, 1.82) is 0 Å². The number of ether oxygens (including phenoxy) is 1. The Bertz CT molecular complexity index is 900. The molecule has 0 saturated heterocycles. The number of anilines is 1. The molecule has 2 aromatic rings. The van der Waals surface area contributed by atoms with E-state index in [1.165, 1.54) is 17.7 Å². The molecule has 1 amide bonds. The van der Waals surface area contributed by atoms with Crippen LogP contribution < -0.4 is 4.90 Å². The molecule has 2 aliphatic rings. The van der Waals surface area contributed by atoms with E-state index in [9.17, 15) is 14.0 Å². The van der Waals surface area contributed by atoms with Crippen molar-refractivity contribution >= 4 is 17.6 Å². The van der Waals surface area contributed by atoms with Crippen LogP contribution in [0.25, 0.3) is 0 Å². The van der Waals surface area contributed by atoms with Crippen LogP contribution in [0, 0.1) is 5.82 Å². The van der Waals surface area contributed by atoms with E-state index in [4.69, 9.17) is 4.74 Å². The van der Waals surface area contributed by atoms with E-state index in [0.29, 0.717) is 11.3 Å². The van der Waals surface area contributed by atoms with Crippen molar-refractivity contribution in [3.63, 3.8) is 0 Å². The molecule has 2 aromatic carbocycles. The summed E-state index contributed by atoms with van der Waals surface area (Å²) < 4.78 is 18.5. The van der Waals surface area contributed by atoms with Crippen LogP contribution in [0.2, 0.25) is 0 Å². The first-order valence-corrected chi connectivity index (χ1v) is 8.66. The van der Waals surface area contributed by atoms with Gasteiger partial charge in [-0.15, -0.1) is 0 Å². The van der Waals surface area contributed by atoms with Gasteiger partial charge in [-0.1, -0.05) is 31.2 Å². The first-order chi connectivity index (χ1) is 12.6. The van der Waals surface area contributed by atoms with E-state index >= 15 is 0 Å². The summed E-state index contributed by atoms with van der Waals surface area (Å²) in [5.74, 6) is -1.26. The molecule has 0 aromatic heterocycles. The van der Waals surface area contributed by atoms with Crippen molar-refractivity contribution in [2.24, 2.45) is 0 Å². The van der Waals surface area contributed by atoms with Crippen LogP contribution in [0.5, 0.6) is 0 Å². The molecule has 2 aliphatic heterocycles. The van der Waals surface area contributed by atoms with E-state index in [-0.39, 0.29) is 24.8 Å². The van der Waals surface area contributed by atoms with Crippen LogP contribution in [0.1, 0.15) is 30.4 Å². The molecule has 0 fully saturated rings.